The maximum Gasteiger partial charge on any atom is 0.257 e. The van der Waals surface area contributed by atoms with E-state index in [9.17, 15) is 4.79 Å². The van der Waals surface area contributed by atoms with E-state index in [1.54, 1.807) is 19.3 Å². The number of ether oxygens (including phenoxy) is 1. The molecule has 1 atom stereocenters. The fraction of sp³-hybridized carbons (Fsp3) is 0.615. The van der Waals surface area contributed by atoms with E-state index in [2.05, 4.69) is 15.9 Å². The molecule has 18 heavy (non-hydrogen) atoms. The van der Waals surface area contributed by atoms with E-state index in [0.29, 0.717) is 24.4 Å². The van der Waals surface area contributed by atoms with Gasteiger partial charge in [-0.1, -0.05) is 15.9 Å². The van der Waals surface area contributed by atoms with Crippen LogP contribution in [0.2, 0.25) is 0 Å². The van der Waals surface area contributed by atoms with Crippen molar-refractivity contribution in [3.8, 4) is 0 Å². The predicted molar refractivity (Wildman–Crippen MR) is 72.1 cm³/mol. The highest BCUT2D eigenvalue weighted by atomic mass is 79.9. The second kappa shape index (κ2) is 5.05. The number of carbonyl (C=O) groups excluding carboxylic acids is 1. The van der Waals surface area contributed by atoms with Crippen LogP contribution in [0.25, 0.3) is 0 Å². The van der Waals surface area contributed by atoms with Gasteiger partial charge in [0.25, 0.3) is 5.91 Å². The first-order chi connectivity index (χ1) is 8.43. The maximum atomic E-state index is 12.4. The third-order valence-electron chi connectivity index (χ3n) is 3.03. The van der Waals surface area contributed by atoms with Crippen LogP contribution in [0.1, 0.15) is 30.0 Å². The topological polar surface area (TPSA) is 42.7 Å². The zero-order valence-electron chi connectivity index (χ0n) is 10.9. The molecule has 2 rings (SSSR count). The maximum absolute atomic E-state index is 12.4. The Bertz CT molecular complexity index is 441. The number of rotatable bonds is 2. The minimum absolute atomic E-state index is 0.0172. The van der Waals surface area contributed by atoms with Gasteiger partial charge in [0.2, 0.25) is 0 Å². The van der Waals surface area contributed by atoms with Crippen LogP contribution in [-0.2, 0) is 4.74 Å². The second-order valence-electron chi connectivity index (χ2n) is 5.23. The Morgan fingerprint density at radius 2 is 2.33 bits per heavy atom. The van der Waals surface area contributed by atoms with E-state index in [1.807, 2.05) is 18.7 Å². The standard InChI is InChI=1S/C13H18BrNO3/c1-9-11(4-5-17-9)12(16)15-7-10(6-14)18-13(2,3)8-15/h4-5,10H,6-8H2,1-3H3. The summed E-state index contributed by atoms with van der Waals surface area (Å²) in [6.45, 7) is 7.02. The molecule has 1 aliphatic rings. The van der Waals surface area contributed by atoms with E-state index in [0.717, 1.165) is 5.33 Å². The zero-order valence-corrected chi connectivity index (χ0v) is 12.5. The molecule has 0 spiro atoms. The van der Waals surface area contributed by atoms with Gasteiger partial charge in [0.15, 0.2) is 0 Å². The van der Waals surface area contributed by atoms with Crippen LogP contribution in [-0.4, -0.2) is 40.9 Å². The van der Waals surface area contributed by atoms with Crippen molar-refractivity contribution in [2.75, 3.05) is 18.4 Å². The van der Waals surface area contributed by atoms with E-state index >= 15 is 0 Å². The number of carbonyl (C=O) groups is 1. The number of hydrogen-bond donors (Lipinski definition) is 0. The average Bonchev–Trinajstić information content (AvgIpc) is 2.72. The van der Waals surface area contributed by atoms with Gasteiger partial charge in [-0.2, -0.15) is 0 Å². The molecule has 0 bridgehead atoms. The van der Waals surface area contributed by atoms with Crippen molar-refractivity contribution in [1.29, 1.82) is 0 Å². The molecule has 0 aliphatic carbocycles. The Labute approximate surface area is 115 Å². The molecule has 0 saturated carbocycles. The van der Waals surface area contributed by atoms with Crippen molar-refractivity contribution in [1.82, 2.24) is 4.90 Å². The van der Waals surface area contributed by atoms with E-state index < -0.39 is 0 Å². The molecular weight excluding hydrogens is 298 g/mol. The van der Waals surface area contributed by atoms with E-state index in [1.165, 1.54) is 0 Å². The van der Waals surface area contributed by atoms with Crippen LogP contribution < -0.4 is 0 Å². The molecule has 1 aliphatic heterocycles. The number of nitrogens with zero attached hydrogens (tertiary/aromatic N) is 1. The van der Waals surface area contributed by atoms with Crippen molar-refractivity contribution in [2.24, 2.45) is 0 Å². The Balaban J connectivity index is 2.17. The van der Waals surface area contributed by atoms with Crippen molar-refractivity contribution in [3.63, 3.8) is 0 Å². The molecule has 4 nitrogen and oxygen atoms in total. The van der Waals surface area contributed by atoms with Gasteiger partial charge < -0.3 is 14.1 Å². The molecule has 0 aromatic carbocycles. The van der Waals surface area contributed by atoms with Gasteiger partial charge in [0, 0.05) is 18.4 Å². The summed E-state index contributed by atoms with van der Waals surface area (Å²) in [5.74, 6) is 0.684. The van der Waals surface area contributed by atoms with Crippen molar-refractivity contribution >= 4 is 21.8 Å². The van der Waals surface area contributed by atoms with E-state index in [-0.39, 0.29) is 17.6 Å². The largest absolute Gasteiger partial charge is 0.469 e. The first-order valence-corrected chi connectivity index (χ1v) is 7.12. The lowest BCUT2D eigenvalue weighted by molar-refractivity contribution is -0.116. The first kappa shape index (κ1) is 13.6. The van der Waals surface area contributed by atoms with Gasteiger partial charge in [0.05, 0.1) is 23.5 Å². The van der Waals surface area contributed by atoms with Crippen LogP contribution in [0.3, 0.4) is 0 Å². The molecule has 1 saturated heterocycles. The Kier molecular flexibility index (Phi) is 3.82. The summed E-state index contributed by atoms with van der Waals surface area (Å²) < 4.78 is 11.1. The number of morpholine rings is 1. The van der Waals surface area contributed by atoms with E-state index in [4.69, 9.17) is 9.15 Å². The summed E-state index contributed by atoms with van der Waals surface area (Å²) in [4.78, 5) is 14.3. The normalized spacial score (nSPS) is 23.1. The molecule has 5 heteroatoms. The number of hydrogen-bond acceptors (Lipinski definition) is 3. The summed E-state index contributed by atoms with van der Waals surface area (Å²) in [6.07, 6.45) is 1.58. The van der Waals surface area contributed by atoms with Gasteiger partial charge in [-0.05, 0) is 26.8 Å². The first-order valence-electron chi connectivity index (χ1n) is 6.00. The molecule has 1 aromatic rings. The number of furan rings is 1. The van der Waals surface area contributed by atoms with Gasteiger partial charge >= 0.3 is 0 Å². The molecule has 2 heterocycles. The summed E-state index contributed by atoms with van der Waals surface area (Å²) in [6, 6.07) is 1.73. The molecule has 1 amide bonds. The smallest absolute Gasteiger partial charge is 0.257 e. The summed E-state index contributed by atoms with van der Waals surface area (Å²) in [5.41, 5.74) is 0.324. The second-order valence-corrected chi connectivity index (χ2v) is 5.88. The average molecular weight is 316 g/mol. The lowest BCUT2D eigenvalue weighted by atomic mass is 10.0. The van der Waals surface area contributed by atoms with Crippen LogP contribution in [0.15, 0.2) is 16.7 Å². The molecule has 1 fully saturated rings. The lowest BCUT2D eigenvalue weighted by Gasteiger charge is -2.42. The highest BCUT2D eigenvalue weighted by Crippen LogP contribution is 2.24. The van der Waals surface area contributed by atoms with Gasteiger partial charge in [0.1, 0.15) is 5.76 Å². The van der Waals surface area contributed by atoms with Crippen LogP contribution in [0, 0.1) is 6.92 Å². The lowest BCUT2D eigenvalue weighted by Crippen LogP contribution is -2.55. The van der Waals surface area contributed by atoms with Gasteiger partial charge in [-0.3, -0.25) is 4.79 Å². The summed E-state index contributed by atoms with van der Waals surface area (Å²) in [7, 11) is 0. The molecule has 1 aromatic heterocycles. The zero-order chi connectivity index (χ0) is 13.3. The van der Waals surface area contributed by atoms with Crippen molar-refractivity contribution in [3.05, 3.63) is 23.7 Å². The number of halogens is 1. The minimum Gasteiger partial charge on any atom is -0.469 e. The predicted octanol–water partition coefficient (Wildman–Crippen LogP) is 2.60. The highest BCUT2D eigenvalue weighted by molar-refractivity contribution is 9.09. The summed E-state index contributed by atoms with van der Waals surface area (Å²) >= 11 is 3.42. The number of amides is 1. The monoisotopic (exact) mass is 315 g/mol. The highest BCUT2D eigenvalue weighted by Gasteiger charge is 2.36. The number of aryl methyl sites for hydroxylation is 1. The van der Waals surface area contributed by atoms with Gasteiger partial charge in [-0.15, -0.1) is 0 Å². The minimum atomic E-state index is -0.315. The van der Waals surface area contributed by atoms with Crippen LogP contribution >= 0.6 is 15.9 Å². The third-order valence-corrected chi connectivity index (χ3v) is 3.75. The Hall–Kier alpha value is -0.810. The molecule has 100 valence electrons. The SMILES string of the molecule is Cc1occc1C(=O)N1CC(CBr)OC(C)(C)C1. The summed E-state index contributed by atoms with van der Waals surface area (Å²) in [5, 5.41) is 0.727. The Morgan fingerprint density at radius 3 is 2.89 bits per heavy atom. The fourth-order valence-electron chi connectivity index (χ4n) is 2.31. The van der Waals surface area contributed by atoms with Gasteiger partial charge in [-0.25, -0.2) is 0 Å². The Morgan fingerprint density at radius 1 is 1.61 bits per heavy atom. The number of alkyl halides is 1. The van der Waals surface area contributed by atoms with Crippen LogP contribution in [0.5, 0.6) is 0 Å². The molecule has 0 N–H and O–H groups in total. The molecular formula is C13H18BrNO3. The fourth-order valence-corrected chi connectivity index (χ4v) is 2.64. The molecule has 1 unspecified atom stereocenters. The quantitative estimate of drug-likeness (QED) is 0.788. The van der Waals surface area contributed by atoms with Crippen molar-refractivity contribution < 1.29 is 13.9 Å². The van der Waals surface area contributed by atoms with Crippen molar-refractivity contribution in [2.45, 2.75) is 32.5 Å². The van der Waals surface area contributed by atoms with Crippen LogP contribution in [0.4, 0.5) is 0 Å². The third kappa shape index (κ3) is 2.78. The molecule has 0 radical (unpaired) electrons.